The number of hydrogen-bond acceptors (Lipinski definition) is 5. The fraction of sp³-hybridized carbons (Fsp3) is 0.182. The number of benzene rings is 2. The normalized spacial score (nSPS) is 10.6. The summed E-state index contributed by atoms with van der Waals surface area (Å²) in [6.45, 7) is -0.0971. The second-order valence-corrected chi connectivity index (χ2v) is 6.96. The van der Waals surface area contributed by atoms with Crippen molar-refractivity contribution in [2.75, 3.05) is 13.7 Å². The molecule has 2 aromatic carbocycles. The number of hydrogen-bond donors (Lipinski definition) is 1. The SMILES string of the molecule is CN(Cc1ccc(-c2ccc(Cl)cc2)o1)C(=O)COC(=O)Cc1ccc(O)cc1. The third-order valence-corrected chi connectivity index (χ3v) is 4.50. The number of likely N-dealkylation sites (N-methyl/N-ethyl adjacent to an activating group) is 1. The van der Waals surface area contributed by atoms with Gasteiger partial charge in [0, 0.05) is 17.6 Å². The highest BCUT2D eigenvalue weighted by molar-refractivity contribution is 6.30. The van der Waals surface area contributed by atoms with E-state index in [1.807, 2.05) is 18.2 Å². The van der Waals surface area contributed by atoms with Gasteiger partial charge in [-0.3, -0.25) is 9.59 Å². The molecular formula is C22H20ClNO5. The van der Waals surface area contributed by atoms with Crippen molar-refractivity contribution in [3.8, 4) is 17.1 Å². The summed E-state index contributed by atoms with van der Waals surface area (Å²) >= 11 is 5.89. The van der Waals surface area contributed by atoms with Crippen LogP contribution in [0.25, 0.3) is 11.3 Å². The number of amides is 1. The molecular weight excluding hydrogens is 394 g/mol. The van der Waals surface area contributed by atoms with Gasteiger partial charge in [-0.25, -0.2) is 0 Å². The fourth-order valence-corrected chi connectivity index (χ4v) is 2.76. The van der Waals surface area contributed by atoms with E-state index < -0.39 is 5.97 Å². The lowest BCUT2D eigenvalue weighted by Crippen LogP contribution is -2.30. The van der Waals surface area contributed by atoms with Crippen molar-refractivity contribution < 1.29 is 23.8 Å². The van der Waals surface area contributed by atoms with E-state index in [9.17, 15) is 14.7 Å². The lowest BCUT2D eigenvalue weighted by atomic mass is 10.1. The third-order valence-electron chi connectivity index (χ3n) is 4.25. The van der Waals surface area contributed by atoms with Crippen LogP contribution in [0, 0.1) is 0 Å². The van der Waals surface area contributed by atoms with Crippen molar-refractivity contribution in [3.05, 3.63) is 77.0 Å². The first kappa shape index (κ1) is 20.5. The first-order valence-corrected chi connectivity index (χ1v) is 9.30. The van der Waals surface area contributed by atoms with Crippen molar-refractivity contribution in [1.29, 1.82) is 0 Å². The molecule has 1 N–H and O–H groups in total. The standard InChI is InChI=1S/C22H20ClNO5/c1-24(13-19-10-11-20(29-19)16-4-6-17(23)7-5-16)21(26)14-28-22(27)12-15-2-8-18(25)9-3-15/h2-11,25H,12-14H2,1H3. The van der Waals surface area contributed by atoms with Crippen molar-refractivity contribution >= 4 is 23.5 Å². The zero-order valence-electron chi connectivity index (χ0n) is 15.8. The molecule has 0 saturated heterocycles. The minimum atomic E-state index is -0.513. The van der Waals surface area contributed by atoms with Gasteiger partial charge in [-0.2, -0.15) is 0 Å². The highest BCUT2D eigenvalue weighted by atomic mass is 35.5. The molecule has 7 heteroatoms. The Labute approximate surface area is 173 Å². The number of carbonyl (C=O) groups excluding carboxylic acids is 2. The number of esters is 1. The zero-order valence-corrected chi connectivity index (χ0v) is 16.6. The maximum Gasteiger partial charge on any atom is 0.310 e. The van der Waals surface area contributed by atoms with Gasteiger partial charge in [0.15, 0.2) is 6.61 Å². The molecule has 1 amide bonds. The van der Waals surface area contributed by atoms with E-state index in [2.05, 4.69) is 0 Å². The maximum atomic E-state index is 12.2. The summed E-state index contributed by atoms with van der Waals surface area (Å²) in [6, 6.07) is 17.1. The lowest BCUT2D eigenvalue weighted by molar-refractivity contribution is -0.151. The first-order valence-electron chi connectivity index (χ1n) is 8.93. The molecule has 0 radical (unpaired) electrons. The summed E-state index contributed by atoms with van der Waals surface area (Å²) in [6.07, 6.45) is 0.0277. The van der Waals surface area contributed by atoms with Gasteiger partial charge in [-0.15, -0.1) is 0 Å². The average molecular weight is 414 g/mol. The molecule has 0 saturated carbocycles. The molecule has 1 aromatic heterocycles. The molecule has 6 nitrogen and oxygen atoms in total. The molecule has 0 aliphatic carbocycles. The molecule has 3 aromatic rings. The van der Waals surface area contributed by atoms with E-state index >= 15 is 0 Å². The highest BCUT2D eigenvalue weighted by Gasteiger charge is 2.15. The van der Waals surface area contributed by atoms with Gasteiger partial charge in [0.1, 0.15) is 17.3 Å². The lowest BCUT2D eigenvalue weighted by Gasteiger charge is -2.15. The summed E-state index contributed by atoms with van der Waals surface area (Å²) in [5.41, 5.74) is 1.58. The Balaban J connectivity index is 1.48. The van der Waals surface area contributed by atoms with Crippen LogP contribution in [0.15, 0.2) is 65.1 Å². The molecule has 0 aliphatic rings. The summed E-state index contributed by atoms with van der Waals surface area (Å²) in [5, 5.41) is 9.89. The van der Waals surface area contributed by atoms with E-state index in [1.54, 1.807) is 37.4 Å². The van der Waals surface area contributed by atoms with Gasteiger partial charge in [0.25, 0.3) is 5.91 Å². The van der Waals surface area contributed by atoms with Crippen LogP contribution in [-0.2, 0) is 27.3 Å². The number of rotatable bonds is 7. The number of nitrogens with zero attached hydrogens (tertiary/aromatic N) is 1. The predicted octanol–water partition coefficient (Wildman–Crippen LogP) is 4.05. The Morgan fingerprint density at radius 3 is 2.41 bits per heavy atom. The molecule has 29 heavy (non-hydrogen) atoms. The second-order valence-electron chi connectivity index (χ2n) is 6.53. The highest BCUT2D eigenvalue weighted by Crippen LogP contribution is 2.24. The number of furan rings is 1. The number of aromatic hydroxyl groups is 1. The van der Waals surface area contributed by atoms with Gasteiger partial charge in [-0.1, -0.05) is 23.7 Å². The molecule has 0 fully saturated rings. The largest absolute Gasteiger partial charge is 0.508 e. The average Bonchev–Trinajstić information content (AvgIpc) is 3.17. The second kappa shape index (κ2) is 9.30. The number of ether oxygens (including phenoxy) is 1. The Morgan fingerprint density at radius 2 is 1.72 bits per heavy atom. The molecule has 0 atom stereocenters. The number of halogens is 1. The molecule has 0 aliphatic heterocycles. The Morgan fingerprint density at radius 1 is 1.03 bits per heavy atom. The monoisotopic (exact) mass is 413 g/mol. The molecule has 3 rings (SSSR count). The van der Waals surface area contributed by atoms with Gasteiger partial charge in [-0.05, 0) is 54.1 Å². The summed E-state index contributed by atoms with van der Waals surface area (Å²) < 4.78 is 10.8. The molecule has 1 heterocycles. The van der Waals surface area contributed by atoms with E-state index in [0.717, 1.165) is 5.56 Å². The minimum absolute atomic E-state index is 0.0277. The summed E-state index contributed by atoms with van der Waals surface area (Å²) in [5.74, 6) is 0.559. The van der Waals surface area contributed by atoms with Crippen LogP contribution in [-0.4, -0.2) is 35.5 Å². The summed E-state index contributed by atoms with van der Waals surface area (Å²) in [4.78, 5) is 25.5. The number of carbonyl (C=O) groups is 2. The minimum Gasteiger partial charge on any atom is -0.508 e. The number of phenolic OH excluding ortho intramolecular Hbond substituents is 1. The quantitative estimate of drug-likeness (QED) is 0.591. The van der Waals surface area contributed by atoms with E-state index in [1.165, 1.54) is 17.0 Å². The predicted molar refractivity (Wildman–Crippen MR) is 108 cm³/mol. The van der Waals surface area contributed by atoms with Gasteiger partial charge in [0.05, 0.1) is 13.0 Å². The van der Waals surface area contributed by atoms with E-state index in [4.69, 9.17) is 20.8 Å². The first-order chi connectivity index (χ1) is 13.9. The van der Waals surface area contributed by atoms with Crippen molar-refractivity contribution in [2.24, 2.45) is 0 Å². The van der Waals surface area contributed by atoms with E-state index in [-0.39, 0.29) is 31.2 Å². The molecule has 0 bridgehead atoms. The van der Waals surface area contributed by atoms with Crippen LogP contribution in [0.3, 0.4) is 0 Å². The molecule has 0 spiro atoms. The van der Waals surface area contributed by atoms with Crippen LogP contribution < -0.4 is 0 Å². The Kier molecular flexibility index (Phi) is 6.57. The van der Waals surface area contributed by atoms with Gasteiger partial charge >= 0.3 is 5.97 Å². The Bertz CT molecular complexity index is 979. The van der Waals surface area contributed by atoms with Gasteiger partial charge < -0.3 is 19.2 Å². The smallest absolute Gasteiger partial charge is 0.310 e. The van der Waals surface area contributed by atoms with Crippen LogP contribution in [0.4, 0.5) is 0 Å². The van der Waals surface area contributed by atoms with Crippen molar-refractivity contribution in [2.45, 2.75) is 13.0 Å². The third kappa shape index (κ3) is 5.86. The zero-order chi connectivity index (χ0) is 20.8. The number of phenols is 1. The summed E-state index contributed by atoms with van der Waals surface area (Å²) in [7, 11) is 1.61. The Hall–Kier alpha value is -3.25. The maximum absolute atomic E-state index is 12.2. The van der Waals surface area contributed by atoms with E-state index in [0.29, 0.717) is 22.1 Å². The topological polar surface area (TPSA) is 80.0 Å². The molecule has 150 valence electrons. The van der Waals surface area contributed by atoms with Crippen LogP contribution in [0.1, 0.15) is 11.3 Å². The fourth-order valence-electron chi connectivity index (χ4n) is 2.64. The van der Waals surface area contributed by atoms with Crippen LogP contribution >= 0.6 is 11.6 Å². The molecule has 0 unspecified atom stereocenters. The van der Waals surface area contributed by atoms with Crippen LogP contribution in [0.2, 0.25) is 5.02 Å². The van der Waals surface area contributed by atoms with Gasteiger partial charge in [0.2, 0.25) is 0 Å². The van der Waals surface area contributed by atoms with Crippen LogP contribution in [0.5, 0.6) is 5.75 Å². The van der Waals surface area contributed by atoms with Crippen molar-refractivity contribution in [3.63, 3.8) is 0 Å². The van der Waals surface area contributed by atoms with Crippen molar-refractivity contribution in [1.82, 2.24) is 4.90 Å².